The van der Waals surface area contributed by atoms with E-state index in [4.69, 9.17) is 0 Å². The standard InChI is InChI=1S/C11H10FN3O3/c12-9-6(2-1-5-13-9)10(17)14-7-3-4-8(16)15-11(7)18/h1-2,5,7H,3-4H2,(H,14,17)(H,15,16,18). The molecule has 1 aromatic heterocycles. The van der Waals surface area contributed by atoms with E-state index in [-0.39, 0.29) is 24.3 Å². The average molecular weight is 251 g/mol. The molecule has 1 aliphatic heterocycles. The van der Waals surface area contributed by atoms with Crippen LogP contribution in [0, 0.1) is 5.95 Å². The van der Waals surface area contributed by atoms with Crippen LogP contribution >= 0.6 is 0 Å². The molecule has 0 aliphatic carbocycles. The van der Waals surface area contributed by atoms with E-state index < -0.39 is 23.8 Å². The molecule has 1 fully saturated rings. The topological polar surface area (TPSA) is 88.2 Å². The fraction of sp³-hybridized carbons (Fsp3) is 0.273. The molecule has 2 rings (SSSR count). The van der Waals surface area contributed by atoms with Crippen molar-refractivity contribution >= 4 is 17.7 Å². The normalized spacial score (nSPS) is 19.3. The smallest absolute Gasteiger partial charge is 0.256 e. The number of hydrogen-bond acceptors (Lipinski definition) is 4. The third kappa shape index (κ3) is 2.50. The van der Waals surface area contributed by atoms with Gasteiger partial charge in [0.2, 0.25) is 17.8 Å². The van der Waals surface area contributed by atoms with Crippen molar-refractivity contribution in [2.24, 2.45) is 0 Å². The summed E-state index contributed by atoms with van der Waals surface area (Å²) >= 11 is 0. The van der Waals surface area contributed by atoms with Crippen LogP contribution in [0.1, 0.15) is 23.2 Å². The molecular formula is C11H10FN3O3. The molecule has 1 atom stereocenters. The Morgan fingerprint density at radius 3 is 2.94 bits per heavy atom. The number of nitrogens with one attached hydrogen (secondary N) is 2. The number of aromatic nitrogens is 1. The summed E-state index contributed by atoms with van der Waals surface area (Å²) in [6.45, 7) is 0. The van der Waals surface area contributed by atoms with Crippen LogP contribution in [-0.2, 0) is 9.59 Å². The molecule has 0 saturated carbocycles. The van der Waals surface area contributed by atoms with Crippen LogP contribution in [0.15, 0.2) is 18.3 Å². The van der Waals surface area contributed by atoms with Gasteiger partial charge in [0.15, 0.2) is 0 Å². The zero-order valence-corrected chi connectivity index (χ0v) is 9.27. The lowest BCUT2D eigenvalue weighted by atomic mass is 10.1. The van der Waals surface area contributed by atoms with Crippen LogP contribution < -0.4 is 10.6 Å². The van der Waals surface area contributed by atoms with Gasteiger partial charge in [0.05, 0.1) is 5.56 Å². The average Bonchev–Trinajstić information content (AvgIpc) is 2.33. The van der Waals surface area contributed by atoms with Gasteiger partial charge >= 0.3 is 0 Å². The molecule has 7 heteroatoms. The fourth-order valence-corrected chi connectivity index (χ4v) is 1.62. The highest BCUT2D eigenvalue weighted by molar-refractivity contribution is 6.03. The summed E-state index contributed by atoms with van der Waals surface area (Å²) in [6.07, 6.45) is 1.57. The lowest BCUT2D eigenvalue weighted by Crippen LogP contribution is -2.52. The molecule has 2 heterocycles. The molecule has 3 amide bonds. The van der Waals surface area contributed by atoms with Crippen molar-refractivity contribution in [3.63, 3.8) is 0 Å². The van der Waals surface area contributed by atoms with Crippen molar-refractivity contribution in [3.8, 4) is 0 Å². The van der Waals surface area contributed by atoms with E-state index >= 15 is 0 Å². The molecule has 94 valence electrons. The third-order valence-corrected chi connectivity index (χ3v) is 2.55. The number of piperidine rings is 1. The summed E-state index contributed by atoms with van der Waals surface area (Å²) < 4.78 is 13.2. The monoisotopic (exact) mass is 251 g/mol. The van der Waals surface area contributed by atoms with E-state index in [2.05, 4.69) is 15.6 Å². The summed E-state index contributed by atoms with van der Waals surface area (Å²) in [5, 5.41) is 4.46. The molecular weight excluding hydrogens is 241 g/mol. The number of hydrogen-bond donors (Lipinski definition) is 2. The third-order valence-electron chi connectivity index (χ3n) is 2.55. The lowest BCUT2D eigenvalue weighted by molar-refractivity contribution is -0.134. The second kappa shape index (κ2) is 4.91. The Morgan fingerprint density at radius 2 is 2.28 bits per heavy atom. The number of pyridine rings is 1. The molecule has 0 radical (unpaired) electrons. The van der Waals surface area contributed by atoms with Gasteiger partial charge in [-0.1, -0.05) is 0 Å². The van der Waals surface area contributed by atoms with E-state index in [0.29, 0.717) is 0 Å². The van der Waals surface area contributed by atoms with Crippen LogP contribution in [0.5, 0.6) is 0 Å². The highest BCUT2D eigenvalue weighted by atomic mass is 19.1. The number of rotatable bonds is 2. The van der Waals surface area contributed by atoms with Gasteiger partial charge in [-0.15, -0.1) is 0 Å². The molecule has 6 nitrogen and oxygen atoms in total. The Labute approximate surface area is 102 Å². The predicted molar refractivity (Wildman–Crippen MR) is 57.8 cm³/mol. The number of amides is 3. The summed E-state index contributed by atoms with van der Waals surface area (Å²) in [5.41, 5.74) is -0.234. The van der Waals surface area contributed by atoms with E-state index in [0.717, 1.165) is 0 Å². The Hall–Kier alpha value is -2.31. The van der Waals surface area contributed by atoms with Crippen LogP contribution in [0.2, 0.25) is 0 Å². The van der Waals surface area contributed by atoms with Gasteiger partial charge in [0.1, 0.15) is 6.04 Å². The van der Waals surface area contributed by atoms with Crippen molar-refractivity contribution in [2.45, 2.75) is 18.9 Å². The van der Waals surface area contributed by atoms with Crippen molar-refractivity contribution in [3.05, 3.63) is 29.8 Å². The molecule has 18 heavy (non-hydrogen) atoms. The van der Waals surface area contributed by atoms with Gasteiger partial charge in [-0.05, 0) is 18.6 Å². The maximum atomic E-state index is 13.2. The molecule has 0 bridgehead atoms. The van der Waals surface area contributed by atoms with Gasteiger partial charge in [-0.3, -0.25) is 19.7 Å². The molecule has 0 aromatic carbocycles. The number of nitrogens with zero attached hydrogens (tertiary/aromatic N) is 1. The van der Waals surface area contributed by atoms with Crippen LogP contribution in [0.3, 0.4) is 0 Å². The number of carbonyl (C=O) groups excluding carboxylic acids is 3. The van der Waals surface area contributed by atoms with Crippen LogP contribution in [0.25, 0.3) is 0 Å². The minimum atomic E-state index is -0.901. The van der Waals surface area contributed by atoms with Crippen molar-refractivity contribution in [2.75, 3.05) is 0 Å². The van der Waals surface area contributed by atoms with E-state index in [1.54, 1.807) is 0 Å². The Morgan fingerprint density at radius 1 is 1.50 bits per heavy atom. The van der Waals surface area contributed by atoms with E-state index in [9.17, 15) is 18.8 Å². The Balaban J connectivity index is 2.06. The fourth-order valence-electron chi connectivity index (χ4n) is 1.62. The van der Waals surface area contributed by atoms with Gasteiger partial charge in [-0.2, -0.15) is 4.39 Å². The Kier molecular flexibility index (Phi) is 3.31. The quantitative estimate of drug-likeness (QED) is 0.560. The summed E-state index contributed by atoms with van der Waals surface area (Å²) in [4.78, 5) is 37.4. The van der Waals surface area contributed by atoms with Gasteiger partial charge < -0.3 is 5.32 Å². The zero-order valence-electron chi connectivity index (χ0n) is 9.27. The molecule has 1 unspecified atom stereocenters. The van der Waals surface area contributed by atoms with Crippen molar-refractivity contribution in [1.29, 1.82) is 0 Å². The first-order chi connectivity index (χ1) is 8.58. The maximum absolute atomic E-state index is 13.2. The predicted octanol–water partition coefficient (Wildman–Crippen LogP) is -0.244. The highest BCUT2D eigenvalue weighted by Crippen LogP contribution is 2.07. The zero-order chi connectivity index (χ0) is 13.1. The first-order valence-corrected chi connectivity index (χ1v) is 5.33. The molecule has 0 spiro atoms. The van der Waals surface area contributed by atoms with Gasteiger partial charge in [0, 0.05) is 12.6 Å². The summed E-state index contributed by atoms with van der Waals surface area (Å²) in [5.74, 6) is -2.58. The lowest BCUT2D eigenvalue weighted by Gasteiger charge is -2.21. The number of carbonyl (C=O) groups is 3. The molecule has 1 aromatic rings. The summed E-state index contributed by atoms with van der Waals surface area (Å²) in [7, 11) is 0. The first kappa shape index (κ1) is 12.2. The first-order valence-electron chi connectivity index (χ1n) is 5.33. The second-order valence-corrected chi connectivity index (χ2v) is 3.82. The van der Waals surface area contributed by atoms with Crippen LogP contribution in [-0.4, -0.2) is 28.7 Å². The second-order valence-electron chi connectivity index (χ2n) is 3.82. The van der Waals surface area contributed by atoms with Crippen molar-refractivity contribution < 1.29 is 18.8 Å². The maximum Gasteiger partial charge on any atom is 0.256 e. The van der Waals surface area contributed by atoms with E-state index in [1.807, 2.05) is 0 Å². The highest BCUT2D eigenvalue weighted by Gasteiger charge is 2.28. The Bertz CT molecular complexity index is 518. The van der Waals surface area contributed by atoms with E-state index in [1.165, 1.54) is 18.3 Å². The minimum Gasteiger partial charge on any atom is -0.340 e. The largest absolute Gasteiger partial charge is 0.340 e. The minimum absolute atomic E-state index is 0.145. The molecule has 2 N–H and O–H groups in total. The number of imide groups is 1. The van der Waals surface area contributed by atoms with Crippen molar-refractivity contribution in [1.82, 2.24) is 15.6 Å². The SMILES string of the molecule is O=C1CCC(NC(=O)c2cccnc2F)C(=O)N1. The van der Waals surface area contributed by atoms with Gasteiger partial charge in [-0.25, -0.2) is 4.98 Å². The number of halogens is 1. The molecule has 1 aliphatic rings. The van der Waals surface area contributed by atoms with Crippen LogP contribution in [0.4, 0.5) is 4.39 Å². The summed E-state index contributed by atoms with van der Waals surface area (Å²) in [6, 6.07) is 1.86. The molecule has 1 saturated heterocycles. The van der Waals surface area contributed by atoms with Gasteiger partial charge in [0.25, 0.3) is 5.91 Å².